The third-order valence-corrected chi connectivity index (χ3v) is 3.33. The van der Waals surface area contributed by atoms with E-state index >= 15 is 0 Å². The molecule has 3 N–H and O–H groups in total. The van der Waals surface area contributed by atoms with E-state index in [2.05, 4.69) is 24.5 Å². The highest BCUT2D eigenvalue weighted by Gasteiger charge is 2.10. The van der Waals surface area contributed by atoms with Gasteiger partial charge in [-0.05, 0) is 43.3 Å². The maximum absolute atomic E-state index is 12.1. The molecule has 0 aromatic heterocycles. The first kappa shape index (κ1) is 15.1. The fraction of sp³-hybridized carbons (Fsp3) is 0.235. The minimum absolute atomic E-state index is 0.0209. The summed E-state index contributed by atoms with van der Waals surface area (Å²) in [5.74, 6) is -0.340. The number of aromatic hydroxyl groups is 1. The highest BCUT2D eigenvalue weighted by Crippen LogP contribution is 2.19. The van der Waals surface area contributed by atoms with Gasteiger partial charge in [-0.25, -0.2) is 0 Å². The minimum atomic E-state index is -0.319. The van der Waals surface area contributed by atoms with Crippen molar-refractivity contribution in [2.75, 3.05) is 11.9 Å². The molecule has 0 aliphatic carbocycles. The molecule has 1 atom stereocenters. The minimum Gasteiger partial charge on any atom is -0.507 e. The Morgan fingerprint density at radius 1 is 1.14 bits per heavy atom. The lowest BCUT2D eigenvalue weighted by Gasteiger charge is -2.13. The van der Waals surface area contributed by atoms with Crippen LogP contribution in [-0.2, 0) is 0 Å². The predicted octanol–water partition coefficient (Wildman–Crippen LogP) is 3.32. The molecule has 0 bridgehead atoms. The van der Waals surface area contributed by atoms with Crippen molar-refractivity contribution >= 4 is 11.6 Å². The van der Waals surface area contributed by atoms with Gasteiger partial charge in [0.05, 0.1) is 5.56 Å². The molecule has 0 fully saturated rings. The maximum atomic E-state index is 12.1. The van der Waals surface area contributed by atoms with Crippen LogP contribution in [0.3, 0.4) is 0 Å². The average Bonchev–Trinajstić information content (AvgIpc) is 2.48. The van der Waals surface area contributed by atoms with E-state index in [0.29, 0.717) is 5.69 Å². The Morgan fingerprint density at radius 2 is 1.81 bits per heavy atom. The second kappa shape index (κ2) is 6.90. The van der Waals surface area contributed by atoms with Crippen molar-refractivity contribution in [3.63, 3.8) is 0 Å². The Hall–Kier alpha value is -2.33. The molecule has 2 rings (SSSR count). The Kier molecular flexibility index (Phi) is 4.95. The van der Waals surface area contributed by atoms with Crippen LogP contribution in [-0.4, -0.2) is 17.6 Å². The van der Waals surface area contributed by atoms with Gasteiger partial charge in [-0.1, -0.05) is 31.2 Å². The Labute approximate surface area is 124 Å². The number of hydrogen-bond acceptors (Lipinski definition) is 3. The molecule has 1 amide bonds. The number of nitrogens with one attached hydrogen (secondary N) is 2. The Balaban J connectivity index is 2.07. The number of benzene rings is 2. The zero-order chi connectivity index (χ0) is 15.2. The van der Waals surface area contributed by atoms with Crippen LogP contribution >= 0.6 is 0 Å². The summed E-state index contributed by atoms with van der Waals surface area (Å²) in [6, 6.07) is 14.4. The van der Waals surface area contributed by atoms with E-state index in [9.17, 15) is 9.90 Å². The van der Waals surface area contributed by atoms with Gasteiger partial charge in [-0.15, -0.1) is 0 Å². The van der Waals surface area contributed by atoms with E-state index in [1.165, 1.54) is 6.07 Å². The fourth-order valence-corrected chi connectivity index (χ4v) is 2.14. The van der Waals surface area contributed by atoms with Gasteiger partial charge in [0.15, 0.2) is 0 Å². The molecular formula is C17H20N2O2. The van der Waals surface area contributed by atoms with E-state index in [4.69, 9.17) is 0 Å². The largest absolute Gasteiger partial charge is 0.507 e. The highest BCUT2D eigenvalue weighted by molar-refractivity contribution is 6.06. The molecule has 0 aliphatic heterocycles. The lowest BCUT2D eigenvalue weighted by atomic mass is 10.1. The molecule has 4 nitrogen and oxygen atoms in total. The van der Waals surface area contributed by atoms with Crippen LogP contribution in [0.1, 0.15) is 35.8 Å². The molecule has 0 aliphatic rings. The first-order valence-corrected chi connectivity index (χ1v) is 7.04. The van der Waals surface area contributed by atoms with Crippen molar-refractivity contribution in [3.8, 4) is 5.75 Å². The van der Waals surface area contributed by atoms with Crippen molar-refractivity contribution in [1.29, 1.82) is 0 Å². The number of phenols is 1. The van der Waals surface area contributed by atoms with Crippen LogP contribution in [0.2, 0.25) is 0 Å². The van der Waals surface area contributed by atoms with Crippen LogP contribution in [0.5, 0.6) is 5.75 Å². The number of carbonyl (C=O) groups is 1. The molecule has 0 radical (unpaired) electrons. The van der Waals surface area contributed by atoms with Crippen molar-refractivity contribution < 1.29 is 9.90 Å². The predicted molar refractivity (Wildman–Crippen MR) is 84.6 cm³/mol. The van der Waals surface area contributed by atoms with Gasteiger partial charge in [0.2, 0.25) is 0 Å². The monoisotopic (exact) mass is 284 g/mol. The van der Waals surface area contributed by atoms with Gasteiger partial charge in [0, 0.05) is 11.7 Å². The van der Waals surface area contributed by atoms with Crippen molar-refractivity contribution in [2.45, 2.75) is 19.9 Å². The lowest BCUT2D eigenvalue weighted by Crippen LogP contribution is -2.17. The number of anilines is 1. The first-order valence-electron chi connectivity index (χ1n) is 7.04. The summed E-state index contributed by atoms with van der Waals surface area (Å²) in [6.45, 7) is 5.07. The number of amides is 1. The summed E-state index contributed by atoms with van der Waals surface area (Å²) in [5, 5.41) is 15.8. The van der Waals surface area contributed by atoms with Gasteiger partial charge in [-0.2, -0.15) is 0 Å². The van der Waals surface area contributed by atoms with Crippen LogP contribution in [0, 0.1) is 0 Å². The summed E-state index contributed by atoms with van der Waals surface area (Å²) in [5.41, 5.74) is 2.13. The van der Waals surface area contributed by atoms with Crippen LogP contribution in [0.15, 0.2) is 48.5 Å². The number of para-hydroxylation sites is 1. The topological polar surface area (TPSA) is 61.4 Å². The molecule has 0 saturated carbocycles. The number of carbonyl (C=O) groups excluding carboxylic acids is 1. The standard InChI is InChI=1S/C17H20N2O2/c1-3-18-12(2)13-8-10-14(11-9-13)19-17(21)15-6-4-5-7-16(15)20/h4-12,18,20H,3H2,1-2H3,(H,19,21). The molecule has 2 aromatic carbocycles. The Morgan fingerprint density at radius 3 is 2.43 bits per heavy atom. The first-order chi connectivity index (χ1) is 10.1. The van der Waals surface area contributed by atoms with E-state index in [1.807, 2.05) is 24.3 Å². The zero-order valence-electron chi connectivity index (χ0n) is 12.3. The van der Waals surface area contributed by atoms with Gasteiger partial charge in [-0.3, -0.25) is 4.79 Å². The van der Waals surface area contributed by atoms with Gasteiger partial charge < -0.3 is 15.7 Å². The van der Waals surface area contributed by atoms with E-state index in [0.717, 1.165) is 12.1 Å². The summed E-state index contributed by atoms with van der Waals surface area (Å²) in [7, 11) is 0. The average molecular weight is 284 g/mol. The van der Waals surface area contributed by atoms with Crippen LogP contribution in [0.4, 0.5) is 5.69 Å². The van der Waals surface area contributed by atoms with Crippen molar-refractivity contribution in [1.82, 2.24) is 5.32 Å². The summed E-state index contributed by atoms with van der Waals surface area (Å²) in [6.07, 6.45) is 0. The van der Waals surface area contributed by atoms with Crippen LogP contribution in [0.25, 0.3) is 0 Å². The second-order valence-electron chi connectivity index (χ2n) is 4.87. The number of hydrogen-bond donors (Lipinski definition) is 3. The van der Waals surface area contributed by atoms with Gasteiger partial charge in [0.25, 0.3) is 5.91 Å². The summed E-state index contributed by atoms with van der Waals surface area (Å²) >= 11 is 0. The summed E-state index contributed by atoms with van der Waals surface area (Å²) < 4.78 is 0. The van der Waals surface area contributed by atoms with E-state index < -0.39 is 0 Å². The molecule has 1 unspecified atom stereocenters. The molecular weight excluding hydrogens is 264 g/mol. The molecule has 2 aromatic rings. The van der Waals surface area contributed by atoms with E-state index in [-0.39, 0.29) is 23.3 Å². The highest BCUT2D eigenvalue weighted by atomic mass is 16.3. The van der Waals surface area contributed by atoms with Gasteiger partial charge in [0.1, 0.15) is 5.75 Å². The van der Waals surface area contributed by atoms with Crippen molar-refractivity contribution in [3.05, 3.63) is 59.7 Å². The third kappa shape index (κ3) is 3.83. The quantitative estimate of drug-likeness (QED) is 0.789. The maximum Gasteiger partial charge on any atom is 0.259 e. The van der Waals surface area contributed by atoms with E-state index in [1.54, 1.807) is 18.2 Å². The van der Waals surface area contributed by atoms with Crippen LogP contribution < -0.4 is 10.6 Å². The molecule has 0 saturated heterocycles. The molecule has 4 heteroatoms. The molecule has 0 spiro atoms. The SMILES string of the molecule is CCNC(C)c1ccc(NC(=O)c2ccccc2O)cc1. The molecule has 110 valence electrons. The molecule has 0 heterocycles. The van der Waals surface area contributed by atoms with Gasteiger partial charge >= 0.3 is 0 Å². The third-order valence-electron chi connectivity index (χ3n) is 3.33. The second-order valence-corrected chi connectivity index (χ2v) is 4.87. The normalized spacial score (nSPS) is 11.9. The summed E-state index contributed by atoms with van der Waals surface area (Å²) in [4.78, 5) is 12.1. The lowest BCUT2D eigenvalue weighted by molar-refractivity contribution is 0.102. The fourth-order valence-electron chi connectivity index (χ4n) is 2.14. The zero-order valence-corrected chi connectivity index (χ0v) is 12.3. The Bertz CT molecular complexity index is 608. The van der Waals surface area contributed by atoms with Crippen molar-refractivity contribution in [2.24, 2.45) is 0 Å². The smallest absolute Gasteiger partial charge is 0.259 e. The number of rotatable bonds is 5. The number of phenolic OH excluding ortho intramolecular Hbond substituents is 1. The molecule has 21 heavy (non-hydrogen) atoms.